The molecule has 1 aliphatic heterocycles. The summed E-state index contributed by atoms with van der Waals surface area (Å²) in [6.45, 7) is 0. The smallest absolute Gasteiger partial charge is 0.267 e. The Morgan fingerprint density at radius 2 is 1.78 bits per heavy atom. The number of benzene rings is 1. The van der Waals surface area contributed by atoms with Crippen molar-refractivity contribution in [2.24, 2.45) is 5.10 Å². The lowest BCUT2D eigenvalue weighted by Gasteiger charge is -2.20. The van der Waals surface area contributed by atoms with E-state index in [0.717, 1.165) is 17.0 Å². The van der Waals surface area contributed by atoms with E-state index >= 15 is 0 Å². The summed E-state index contributed by atoms with van der Waals surface area (Å²) in [5.74, 6) is -0.0458. The molecule has 3 aromatic rings. The van der Waals surface area contributed by atoms with Crippen LogP contribution in [0, 0.1) is 0 Å². The topological polar surface area (TPSA) is 32.7 Å². The average Bonchev–Trinajstić information content (AvgIpc) is 3.34. The molecule has 1 aliphatic rings. The van der Waals surface area contributed by atoms with Gasteiger partial charge >= 0.3 is 0 Å². The second-order valence-corrected chi connectivity index (χ2v) is 7.20. The van der Waals surface area contributed by atoms with Crippen molar-refractivity contribution in [3.8, 4) is 0 Å². The molecule has 23 heavy (non-hydrogen) atoms. The Hall–Kier alpha value is -2.24. The summed E-state index contributed by atoms with van der Waals surface area (Å²) in [5, 5.41) is 10.4. The fourth-order valence-corrected chi connectivity index (χ4v) is 4.24. The summed E-state index contributed by atoms with van der Waals surface area (Å²) >= 11 is 3.34. The highest BCUT2D eigenvalue weighted by Crippen LogP contribution is 2.36. The number of amides is 1. The van der Waals surface area contributed by atoms with Crippen LogP contribution in [0.5, 0.6) is 0 Å². The Morgan fingerprint density at radius 3 is 2.48 bits per heavy atom. The molecule has 0 saturated carbocycles. The Kier molecular flexibility index (Phi) is 3.81. The van der Waals surface area contributed by atoms with Gasteiger partial charge in [-0.05, 0) is 35.0 Å². The fraction of sp³-hybridized carbons (Fsp3) is 0.111. The maximum atomic E-state index is 12.9. The Bertz CT molecular complexity index is 823. The largest absolute Gasteiger partial charge is 0.274 e. The number of nitrogens with zero attached hydrogens (tertiary/aromatic N) is 2. The minimum atomic E-state index is -0.0458. The van der Waals surface area contributed by atoms with Gasteiger partial charge in [-0.25, -0.2) is 5.01 Å². The van der Waals surface area contributed by atoms with Gasteiger partial charge in [0, 0.05) is 16.9 Å². The summed E-state index contributed by atoms with van der Waals surface area (Å²) in [7, 11) is 0. The third-order valence-corrected chi connectivity index (χ3v) is 5.71. The zero-order chi connectivity index (χ0) is 15.6. The van der Waals surface area contributed by atoms with Crippen LogP contribution in [-0.2, 0) is 0 Å². The van der Waals surface area contributed by atoms with Gasteiger partial charge in [0.1, 0.15) is 0 Å². The van der Waals surface area contributed by atoms with Gasteiger partial charge in [-0.2, -0.15) is 5.10 Å². The second-order valence-electron chi connectivity index (χ2n) is 5.28. The van der Waals surface area contributed by atoms with Gasteiger partial charge in [0.15, 0.2) is 0 Å². The van der Waals surface area contributed by atoms with Crippen molar-refractivity contribution in [3.05, 3.63) is 80.7 Å². The van der Waals surface area contributed by atoms with Crippen LogP contribution in [0.15, 0.2) is 70.5 Å². The number of carbonyl (C=O) groups excluding carboxylic acids is 1. The molecule has 0 bridgehead atoms. The number of hydrogen-bond donors (Lipinski definition) is 0. The van der Waals surface area contributed by atoms with E-state index in [0.29, 0.717) is 5.56 Å². The number of rotatable bonds is 3. The van der Waals surface area contributed by atoms with Crippen LogP contribution in [0.1, 0.15) is 32.6 Å². The van der Waals surface area contributed by atoms with Gasteiger partial charge in [-0.3, -0.25) is 4.79 Å². The molecular formula is C18H14N2OS2. The highest BCUT2D eigenvalue weighted by Gasteiger charge is 2.34. The molecule has 3 heterocycles. The van der Waals surface area contributed by atoms with Crippen molar-refractivity contribution >= 4 is 34.3 Å². The molecule has 0 unspecified atom stereocenters. The van der Waals surface area contributed by atoms with Crippen molar-refractivity contribution in [3.63, 3.8) is 0 Å². The lowest BCUT2D eigenvalue weighted by Crippen LogP contribution is -2.26. The van der Waals surface area contributed by atoms with E-state index in [-0.39, 0.29) is 11.9 Å². The maximum Gasteiger partial charge on any atom is 0.274 e. The number of hydrazone groups is 1. The van der Waals surface area contributed by atoms with Gasteiger partial charge in [-0.1, -0.05) is 30.3 Å². The van der Waals surface area contributed by atoms with E-state index in [1.807, 2.05) is 53.2 Å². The highest BCUT2D eigenvalue weighted by molar-refractivity contribution is 7.12. The van der Waals surface area contributed by atoms with Gasteiger partial charge in [-0.15, -0.1) is 22.7 Å². The van der Waals surface area contributed by atoms with Crippen LogP contribution in [0.4, 0.5) is 0 Å². The van der Waals surface area contributed by atoms with Crippen LogP contribution in [0.2, 0.25) is 0 Å². The summed E-state index contributed by atoms with van der Waals surface area (Å²) in [6.07, 6.45) is 0.763. The van der Waals surface area contributed by atoms with Crippen LogP contribution < -0.4 is 0 Å². The fourth-order valence-electron chi connectivity index (χ4n) is 2.70. The van der Waals surface area contributed by atoms with E-state index in [4.69, 9.17) is 0 Å². The molecule has 3 nitrogen and oxygen atoms in total. The second kappa shape index (κ2) is 6.10. The number of hydrogen-bond acceptors (Lipinski definition) is 4. The first-order chi connectivity index (χ1) is 11.3. The molecule has 1 aromatic carbocycles. The lowest BCUT2D eigenvalue weighted by molar-refractivity contribution is 0.0714. The van der Waals surface area contributed by atoms with Crippen molar-refractivity contribution in [1.82, 2.24) is 5.01 Å². The molecule has 2 aromatic heterocycles. The van der Waals surface area contributed by atoms with E-state index in [2.05, 4.69) is 17.2 Å². The highest BCUT2D eigenvalue weighted by atomic mass is 32.1. The molecule has 114 valence electrons. The van der Waals surface area contributed by atoms with Gasteiger partial charge in [0.25, 0.3) is 5.91 Å². The van der Waals surface area contributed by atoms with Crippen LogP contribution in [-0.4, -0.2) is 16.6 Å². The monoisotopic (exact) mass is 338 g/mol. The van der Waals surface area contributed by atoms with Crippen molar-refractivity contribution in [1.29, 1.82) is 0 Å². The standard InChI is InChI=1S/C18H14N2OS2/c21-18(13-6-2-1-3-7-13)20-15(17-9-5-11-23-17)12-14(19-20)16-8-4-10-22-16/h1-11,15H,12H2/t15-/m1/s1. The predicted octanol–water partition coefficient (Wildman–Crippen LogP) is 4.80. The SMILES string of the molecule is O=C(c1ccccc1)N1N=C(c2cccs2)C[C@@H]1c1cccs1. The molecule has 5 heteroatoms. The Morgan fingerprint density at radius 1 is 1.00 bits per heavy atom. The Labute approximate surface area is 142 Å². The zero-order valence-electron chi connectivity index (χ0n) is 12.3. The van der Waals surface area contributed by atoms with Crippen molar-refractivity contribution < 1.29 is 4.79 Å². The Balaban J connectivity index is 1.72. The molecule has 4 rings (SSSR count). The quantitative estimate of drug-likeness (QED) is 0.675. The van der Waals surface area contributed by atoms with Gasteiger partial charge < -0.3 is 0 Å². The zero-order valence-corrected chi connectivity index (χ0v) is 13.9. The number of carbonyl (C=O) groups is 1. The summed E-state index contributed by atoms with van der Waals surface area (Å²) in [4.78, 5) is 15.2. The summed E-state index contributed by atoms with van der Waals surface area (Å²) in [6, 6.07) is 17.5. The third-order valence-electron chi connectivity index (χ3n) is 3.82. The molecule has 0 spiro atoms. The molecule has 0 saturated heterocycles. The van der Waals surface area contributed by atoms with Crippen LogP contribution in [0.25, 0.3) is 0 Å². The predicted molar refractivity (Wildman–Crippen MR) is 95.1 cm³/mol. The molecule has 0 radical (unpaired) electrons. The molecule has 0 fully saturated rings. The first kappa shape index (κ1) is 14.4. The summed E-state index contributed by atoms with van der Waals surface area (Å²) in [5.41, 5.74) is 1.66. The lowest BCUT2D eigenvalue weighted by atomic mass is 10.1. The van der Waals surface area contributed by atoms with Crippen LogP contribution in [0.3, 0.4) is 0 Å². The van der Waals surface area contributed by atoms with Crippen molar-refractivity contribution in [2.75, 3.05) is 0 Å². The van der Waals surface area contributed by atoms with E-state index < -0.39 is 0 Å². The molecular weight excluding hydrogens is 324 g/mol. The maximum absolute atomic E-state index is 12.9. The molecule has 0 aliphatic carbocycles. The van der Waals surface area contributed by atoms with Gasteiger partial charge in [0.2, 0.25) is 0 Å². The number of thiophene rings is 2. The first-order valence-corrected chi connectivity index (χ1v) is 9.12. The first-order valence-electron chi connectivity index (χ1n) is 7.36. The minimum absolute atomic E-state index is 0.0141. The van der Waals surface area contributed by atoms with Crippen LogP contribution >= 0.6 is 22.7 Å². The molecule has 1 amide bonds. The third kappa shape index (κ3) is 2.73. The van der Waals surface area contributed by atoms with E-state index in [9.17, 15) is 4.79 Å². The van der Waals surface area contributed by atoms with E-state index in [1.54, 1.807) is 27.7 Å². The normalized spacial score (nSPS) is 17.3. The summed E-state index contributed by atoms with van der Waals surface area (Å²) < 4.78 is 0. The average molecular weight is 338 g/mol. The van der Waals surface area contributed by atoms with Gasteiger partial charge in [0.05, 0.1) is 16.6 Å². The minimum Gasteiger partial charge on any atom is -0.267 e. The van der Waals surface area contributed by atoms with E-state index in [1.165, 1.54) is 4.88 Å². The van der Waals surface area contributed by atoms with Crippen molar-refractivity contribution in [2.45, 2.75) is 12.5 Å². The molecule has 0 N–H and O–H groups in total. The molecule has 1 atom stereocenters.